The third kappa shape index (κ3) is 3.64. The van der Waals surface area contributed by atoms with Crippen LogP contribution in [0, 0.1) is 6.92 Å². The average Bonchev–Trinajstić information content (AvgIpc) is 2.96. The van der Waals surface area contributed by atoms with Crippen LogP contribution in [0.5, 0.6) is 0 Å². The van der Waals surface area contributed by atoms with Crippen molar-refractivity contribution in [3.8, 4) is 0 Å². The van der Waals surface area contributed by atoms with Crippen molar-refractivity contribution >= 4 is 28.9 Å². The van der Waals surface area contributed by atoms with E-state index in [1.807, 2.05) is 18.2 Å². The van der Waals surface area contributed by atoms with Crippen molar-refractivity contribution in [3.63, 3.8) is 0 Å². The minimum atomic E-state index is -1.01. The number of carbonyl (C=O) groups is 2. The van der Waals surface area contributed by atoms with Crippen molar-refractivity contribution in [1.29, 1.82) is 0 Å². The number of hydrogen-bond acceptors (Lipinski definition) is 4. The molecule has 24 heavy (non-hydrogen) atoms. The standard InChI is InChI=1S/C18H22N2O3S/c1-5-12-8-7-9-13(6-2)14(12)20-16(21)10(3)17-19-11(4)15(24-17)18(22)23/h7-10H,5-6H2,1-4H3,(H,20,21)(H,22,23)/t10-/m0/s1. The number of aromatic carboxylic acids is 1. The van der Waals surface area contributed by atoms with Gasteiger partial charge in [0.25, 0.3) is 0 Å². The molecule has 1 aromatic heterocycles. The summed E-state index contributed by atoms with van der Waals surface area (Å²) in [7, 11) is 0. The van der Waals surface area contributed by atoms with Gasteiger partial charge in [0.15, 0.2) is 0 Å². The molecule has 0 aliphatic heterocycles. The molecule has 1 aromatic carbocycles. The summed E-state index contributed by atoms with van der Waals surface area (Å²) in [4.78, 5) is 28.2. The van der Waals surface area contributed by atoms with Crippen LogP contribution in [0.2, 0.25) is 0 Å². The molecule has 0 saturated heterocycles. The highest BCUT2D eigenvalue weighted by molar-refractivity contribution is 7.13. The topological polar surface area (TPSA) is 79.3 Å². The predicted octanol–water partition coefficient (Wildman–Crippen LogP) is 4.02. The fraction of sp³-hybridized carbons (Fsp3) is 0.389. The summed E-state index contributed by atoms with van der Waals surface area (Å²) in [5.41, 5.74) is 3.50. The number of aryl methyl sites for hydroxylation is 3. The first-order chi connectivity index (χ1) is 11.4. The van der Waals surface area contributed by atoms with Crippen molar-refractivity contribution in [2.45, 2.75) is 46.5 Å². The zero-order valence-electron chi connectivity index (χ0n) is 14.3. The quantitative estimate of drug-likeness (QED) is 0.828. The van der Waals surface area contributed by atoms with Gasteiger partial charge in [0, 0.05) is 5.69 Å². The third-order valence-corrected chi connectivity index (χ3v) is 5.35. The molecular weight excluding hydrogens is 324 g/mol. The first kappa shape index (κ1) is 18.1. The van der Waals surface area contributed by atoms with Crippen molar-refractivity contribution < 1.29 is 14.7 Å². The van der Waals surface area contributed by atoms with Gasteiger partial charge in [-0.25, -0.2) is 9.78 Å². The zero-order chi connectivity index (χ0) is 17.9. The van der Waals surface area contributed by atoms with Gasteiger partial charge in [-0.15, -0.1) is 11.3 Å². The minimum absolute atomic E-state index is 0.170. The Morgan fingerprint density at radius 2 is 1.83 bits per heavy atom. The molecule has 0 bridgehead atoms. The smallest absolute Gasteiger partial charge is 0.347 e. The maximum Gasteiger partial charge on any atom is 0.347 e. The molecule has 0 fully saturated rings. The number of nitrogens with zero attached hydrogens (tertiary/aromatic N) is 1. The summed E-state index contributed by atoms with van der Waals surface area (Å²) in [6.07, 6.45) is 1.66. The summed E-state index contributed by atoms with van der Waals surface area (Å²) in [5, 5.41) is 12.7. The fourth-order valence-corrected chi connectivity index (χ4v) is 3.50. The van der Waals surface area contributed by atoms with E-state index in [-0.39, 0.29) is 10.8 Å². The fourth-order valence-electron chi connectivity index (χ4n) is 2.55. The number of anilines is 1. The van der Waals surface area contributed by atoms with E-state index in [1.54, 1.807) is 13.8 Å². The lowest BCUT2D eigenvalue weighted by Gasteiger charge is -2.16. The van der Waals surface area contributed by atoms with E-state index in [9.17, 15) is 9.59 Å². The largest absolute Gasteiger partial charge is 0.477 e. The first-order valence-electron chi connectivity index (χ1n) is 8.01. The van der Waals surface area contributed by atoms with Gasteiger partial charge >= 0.3 is 5.97 Å². The molecule has 0 saturated carbocycles. The molecule has 1 atom stereocenters. The lowest BCUT2D eigenvalue weighted by molar-refractivity contribution is -0.117. The van der Waals surface area contributed by atoms with Gasteiger partial charge in [-0.3, -0.25) is 4.79 Å². The monoisotopic (exact) mass is 346 g/mol. The van der Waals surface area contributed by atoms with E-state index in [0.717, 1.165) is 41.0 Å². The molecule has 2 N–H and O–H groups in total. The highest BCUT2D eigenvalue weighted by atomic mass is 32.1. The summed E-state index contributed by atoms with van der Waals surface area (Å²) in [5.74, 6) is -1.68. The highest BCUT2D eigenvalue weighted by Crippen LogP contribution is 2.28. The van der Waals surface area contributed by atoms with E-state index in [4.69, 9.17) is 5.11 Å². The molecule has 6 heteroatoms. The lowest BCUT2D eigenvalue weighted by atomic mass is 10.0. The number of para-hydroxylation sites is 1. The van der Waals surface area contributed by atoms with E-state index in [2.05, 4.69) is 24.1 Å². The number of hydrogen-bond donors (Lipinski definition) is 2. The molecule has 2 rings (SSSR count). The molecule has 0 aliphatic carbocycles. The third-order valence-electron chi connectivity index (χ3n) is 4.02. The Labute approximate surface area is 145 Å². The number of thiazole rings is 1. The van der Waals surface area contributed by atoms with Gasteiger partial charge in [-0.1, -0.05) is 32.0 Å². The normalized spacial score (nSPS) is 12.0. The number of aromatic nitrogens is 1. The van der Waals surface area contributed by atoms with E-state index in [0.29, 0.717) is 10.7 Å². The average molecular weight is 346 g/mol. The van der Waals surface area contributed by atoms with Gasteiger partial charge in [0.2, 0.25) is 5.91 Å². The Morgan fingerprint density at radius 1 is 1.25 bits per heavy atom. The van der Waals surface area contributed by atoms with E-state index in [1.165, 1.54) is 0 Å². The molecule has 0 radical (unpaired) electrons. The van der Waals surface area contributed by atoms with Gasteiger partial charge < -0.3 is 10.4 Å². The number of benzene rings is 1. The molecule has 0 unspecified atom stereocenters. The zero-order valence-corrected chi connectivity index (χ0v) is 15.2. The molecule has 1 amide bonds. The Hall–Kier alpha value is -2.21. The van der Waals surface area contributed by atoms with Crippen molar-refractivity contribution in [2.75, 3.05) is 5.32 Å². The van der Waals surface area contributed by atoms with Crippen molar-refractivity contribution in [1.82, 2.24) is 4.98 Å². The van der Waals surface area contributed by atoms with Gasteiger partial charge in [0.05, 0.1) is 11.6 Å². The number of carboxylic acids is 1. The Bertz CT molecular complexity index is 745. The summed E-state index contributed by atoms with van der Waals surface area (Å²) in [6, 6.07) is 6.02. The summed E-state index contributed by atoms with van der Waals surface area (Å²) >= 11 is 1.06. The van der Waals surface area contributed by atoms with Crippen LogP contribution in [0.4, 0.5) is 5.69 Å². The molecule has 2 aromatic rings. The van der Waals surface area contributed by atoms with Crippen LogP contribution in [-0.2, 0) is 17.6 Å². The first-order valence-corrected chi connectivity index (χ1v) is 8.82. The Balaban J connectivity index is 2.27. The van der Waals surface area contributed by atoms with Gasteiger partial charge in [0.1, 0.15) is 9.88 Å². The van der Waals surface area contributed by atoms with Crippen LogP contribution >= 0.6 is 11.3 Å². The van der Waals surface area contributed by atoms with Crippen molar-refractivity contribution in [2.24, 2.45) is 0 Å². The highest BCUT2D eigenvalue weighted by Gasteiger charge is 2.23. The Kier molecular flexibility index (Phi) is 5.72. The number of amides is 1. The number of rotatable bonds is 6. The molecule has 5 nitrogen and oxygen atoms in total. The predicted molar refractivity (Wildman–Crippen MR) is 96.1 cm³/mol. The second-order valence-electron chi connectivity index (χ2n) is 5.64. The second-order valence-corrected chi connectivity index (χ2v) is 6.67. The van der Waals surface area contributed by atoms with Crippen LogP contribution in [0.3, 0.4) is 0 Å². The maximum absolute atomic E-state index is 12.6. The molecule has 128 valence electrons. The molecule has 1 heterocycles. The van der Waals surface area contributed by atoms with Crippen molar-refractivity contribution in [3.05, 3.63) is 44.9 Å². The van der Waals surface area contributed by atoms with Crippen LogP contribution in [-0.4, -0.2) is 22.0 Å². The molecular formula is C18H22N2O3S. The van der Waals surface area contributed by atoms with Crippen LogP contribution in [0.15, 0.2) is 18.2 Å². The summed E-state index contributed by atoms with van der Waals surface area (Å²) < 4.78 is 0. The van der Waals surface area contributed by atoms with Gasteiger partial charge in [-0.05, 0) is 37.8 Å². The molecule has 0 aliphatic rings. The number of carboxylic acid groups (broad SMARTS) is 1. The van der Waals surface area contributed by atoms with Crippen LogP contribution in [0.1, 0.15) is 58.2 Å². The maximum atomic E-state index is 12.6. The number of nitrogens with one attached hydrogen (secondary N) is 1. The number of carbonyl (C=O) groups excluding carboxylic acids is 1. The second kappa shape index (κ2) is 7.57. The van der Waals surface area contributed by atoms with Crippen LogP contribution < -0.4 is 5.32 Å². The minimum Gasteiger partial charge on any atom is -0.477 e. The lowest BCUT2D eigenvalue weighted by Crippen LogP contribution is -2.20. The SMILES string of the molecule is CCc1cccc(CC)c1NC(=O)[C@H](C)c1nc(C)c(C(=O)O)s1. The van der Waals surface area contributed by atoms with Crippen LogP contribution in [0.25, 0.3) is 0 Å². The molecule has 0 spiro atoms. The van der Waals surface area contributed by atoms with E-state index < -0.39 is 11.9 Å². The van der Waals surface area contributed by atoms with E-state index >= 15 is 0 Å². The summed E-state index contributed by atoms with van der Waals surface area (Å²) in [6.45, 7) is 7.50. The van der Waals surface area contributed by atoms with Gasteiger partial charge in [-0.2, -0.15) is 0 Å². The Morgan fingerprint density at radius 3 is 2.29 bits per heavy atom.